The maximum atomic E-state index is 10.5. The van der Waals surface area contributed by atoms with Crippen LogP contribution in [0.3, 0.4) is 0 Å². The third kappa shape index (κ3) is 2.98. The fourth-order valence-corrected chi connectivity index (χ4v) is 2.02. The van der Waals surface area contributed by atoms with E-state index in [1.165, 1.54) is 11.1 Å². The molecule has 0 saturated heterocycles. The van der Waals surface area contributed by atoms with Crippen molar-refractivity contribution >= 4 is 6.29 Å². The molecule has 1 aromatic carbocycles. The van der Waals surface area contributed by atoms with Gasteiger partial charge < -0.3 is 9.69 Å². The van der Waals surface area contributed by atoms with Crippen LogP contribution in [0.4, 0.5) is 0 Å². The van der Waals surface area contributed by atoms with E-state index in [1.807, 2.05) is 36.6 Å². The Labute approximate surface area is 108 Å². The van der Waals surface area contributed by atoms with E-state index in [0.29, 0.717) is 6.42 Å². The fraction of sp³-hybridized carbons (Fsp3) is 0.188. The summed E-state index contributed by atoms with van der Waals surface area (Å²) in [6.07, 6.45) is 10.4. The Morgan fingerprint density at radius 1 is 1.17 bits per heavy atom. The van der Waals surface area contributed by atoms with Gasteiger partial charge in [-0.05, 0) is 29.7 Å². The summed E-state index contributed by atoms with van der Waals surface area (Å²) in [6.45, 7) is 4.82. The van der Waals surface area contributed by atoms with Crippen molar-refractivity contribution in [1.29, 1.82) is 0 Å². The van der Waals surface area contributed by atoms with E-state index in [2.05, 4.69) is 23.6 Å². The van der Waals surface area contributed by atoms with Gasteiger partial charge in [0.25, 0.3) is 0 Å². The molecule has 0 radical (unpaired) electrons. The zero-order valence-electron chi connectivity index (χ0n) is 10.4. The summed E-state index contributed by atoms with van der Waals surface area (Å²) in [5.41, 5.74) is 3.48. The Bertz CT molecular complexity index is 500. The molecule has 0 bridgehead atoms. The summed E-state index contributed by atoms with van der Waals surface area (Å²) in [5.74, 6) is 0. The van der Waals surface area contributed by atoms with Crippen molar-refractivity contribution in [3.63, 3.8) is 0 Å². The molecule has 2 nitrogen and oxygen atoms in total. The molecule has 1 aromatic rings. The van der Waals surface area contributed by atoms with Gasteiger partial charge in [0.15, 0.2) is 0 Å². The first-order valence-corrected chi connectivity index (χ1v) is 6.12. The van der Waals surface area contributed by atoms with Gasteiger partial charge in [0.1, 0.15) is 6.29 Å². The first-order valence-electron chi connectivity index (χ1n) is 6.12. The molecule has 0 N–H and O–H groups in total. The van der Waals surface area contributed by atoms with Crippen molar-refractivity contribution in [3.05, 3.63) is 72.1 Å². The first-order chi connectivity index (χ1) is 8.81. The quantitative estimate of drug-likeness (QED) is 0.735. The van der Waals surface area contributed by atoms with Crippen molar-refractivity contribution in [1.82, 2.24) is 4.90 Å². The summed E-state index contributed by atoms with van der Waals surface area (Å²) in [7, 11) is 0. The average molecular weight is 239 g/mol. The lowest BCUT2D eigenvalue weighted by Crippen LogP contribution is -2.16. The molecule has 0 aromatic heterocycles. The zero-order chi connectivity index (χ0) is 12.8. The second-order valence-electron chi connectivity index (χ2n) is 4.29. The van der Waals surface area contributed by atoms with E-state index in [-0.39, 0.29) is 0 Å². The molecule has 0 atom stereocenters. The number of aldehydes is 1. The SMILES string of the molecule is C=C1C=CC=CN1Cc1ccccc1CCC=O. The third-order valence-corrected chi connectivity index (χ3v) is 3.03. The third-order valence-electron chi connectivity index (χ3n) is 3.03. The molecule has 92 valence electrons. The molecule has 0 aliphatic carbocycles. The van der Waals surface area contributed by atoms with Crippen LogP contribution < -0.4 is 0 Å². The Hall–Kier alpha value is -2.09. The van der Waals surface area contributed by atoms with Gasteiger partial charge in [0.05, 0.1) is 0 Å². The van der Waals surface area contributed by atoms with E-state index in [0.717, 1.165) is 24.9 Å². The van der Waals surface area contributed by atoms with Crippen LogP contribution in [-0.2, 0) is 17.8 Å². The van der Waals surface area contributed by atoms with E-state index >= 15 is 0 Å². The molecular weight excluding hydrogens is 222 g/mol. The zero-order valence-corrected chi connectivity index (χ0v) is 10.4. The van der Waals surface area contributed by atoms with Crippen LogP contribution in [0.2, 0.25) is 0 Å². The molecule has 1 aliphatic rings. The molecule has 2 heteroatoms. The van der Waals surface area contributed by atoms with Crippen LogP contribution in [-0.4, -0.2) is 11.2 Å². The molecular formula is C16H17NO. The molecule has 0 amide bonds. The lowest BCUT2D eigenvalue weighted by atomic mass is 10.0. The smallest absolute Gasteiger partial charge is 0.120 e. The molecule has 2 rings (SSSR count). The molecule has 18 heavy (non-hydrogen) atoms. The van der Waals surface area contributed by atoms with Gasteiger partial charge in [-0.3, -0.25) is 0 Å². The topological polar surface area (TPSA) is 20.3 Å². The predicted molar refractivity (Wildman–Crippen MR) is 73.8 cm³/mol. The van der Waals surface area contributed by atoms with Gasteiger partial charge in [-0.25, -0.2) is 0 Å². The summed E-state index contributed by atoms with van der Waals surface area (Å²) in [4.78, 5) is 12.6. The lowest BCUT2D eigenvalue weighted by Gasteiger charge is -2.24. The molecule has 0 fully saturated rings. The van der Waals surface area contributed by atoms with Crippen LogP contribution in [0, 0.1) is 0 Å². The van der Waals surface area contributed by atoms with Crippen molar-refractivity contribution in [3.8, 4) is 0 Å². The van der Waals surface area contributed by atoms with E-state index in [9.17, 15) is 4.79 Å². The minimum absolute atomic E-state index is 0.577. The maximum Gasteiger partial charge on any atom is 0.120 e. The van der Waals surface area contributed by atoms with Crippen molar-refractivity contribution in [2.24, 2.45) is 0 Å². The van der Waals surface area contributed by atoms with Crippen LogP contribution in [0.15, 0.2) is 61.0 Å². The van der Waals surface area contributed by atoms with Gasteiger partial charge in [0, 0.05) is 24.9 Å². The average Bonchev–Trinajstić information content (AvgIpc) is 2.40. The Kier molecular flexibility index (Phi) is 4.13. The molecule has 1 heterocycles. The van der Waals surface area contributed by atoms with E-state index in [1.54, 1.807) is 0 Å². The predicted octanol–water partition coefficient (Wildman–Crippen LogP) is 3.22. The second-order valence-corrected chi connectivity index (χ2v) is 4.29. The molecule has 0 spiro atoms. The number of hydrogen-bond acceptors (Lipinski definition) is 2. The number of carbonyl (C=O) groups is 1. The van der Waals surface area contributed by atoms with Gasteiger partial charge >= 0.3 is 0 Å². The number of hydrogen-bond donors (Lipinski definition) is 0. The Balaban J connectivity index is 2.13. The summed E-state index contributed by atoms with van der Waals surface area (Å²) in [5, 5.41) is 0. The number of allylic oxidation sites excluding steroid dienone is 3. The monoisotopic (exact) mass is 239 g/mol. The highest BCUT2D eigenvalue weighted by molar-refractivity contribution is 5.50. The number of nitrogens with zero attached hydrogens (tertiary/aromatic N) is 1. The van der Waals surface area contributed by atoms with Gasteiger partial charge in [-0.2, -0.15) is 0 Å². The normalized spacial score (nSPS) is 14.0. The lowest BCUT2D eigenvalue weighted by molar-refractivity contribution is -0.107. The van der Waals surface area contributed by atoms with Crippen molar-refractivity contribution in [2.45, 2.75) is 19.4 Å². The summed E-state index contributed by atoms with van der Waals surface area (Å²) >= 11 is 0. The molecule has 1 aliphatic heterocycles. The first kappa shape index (κ1) is 12.4. The minimum atomic E-state index is 0.577. The number of aryl methyl sites for hydroxylation is 1. The summed E-state index contributed by atoms with van der Waals surface area (Å²) in [6, 6.07) is 8.25. The van der Waals surface area contributed by atoms with E-state index in [4.69, 9.17) is 0 Å². The minimum Gasteiger partial charge on any atom is -0.344 e. The second kappa shape index (κ2) is 6.01. The highest BCUT2D eigenvalue weighted by Crippen LogP contribution is 2.18. The standard InChI is InChI=1S/C16H17NO/c1-14-7-4-5-11-17(14)13-16-9-3-2-8-15(16)10-6-12-18/h2-5,7-9,11-12H,1,6,10,13H2. The largest absolute Gasteiger partial charge is 0.344 e. The van der Waals surface area contributed by atoms with Crippen LogP contribution >= 0.6 is 0 Å². The Morgan fingerprint density at radius 2 is 1.94 bits per heavy atom. The Morgan fingerprint density at radius 3 is 2.67 bits per heavy atom. The van der Waals surface area contributed by atoms with Crippen LogP contribution in [0.25, 0.3) is 0 Å². The fourth-order valence-electron chi connectivity index (χ4n) is 2.02. The maximum absolute atomic E-state index is 10.5. The van der Waals surface area contributed by atoms with Gasteiger partial charge in [0.2, 0.25) is 0 Å². The van der Waals surface area contributed by atoms with Gasteiger partial charge in [-0.1, -0.05) is 36.9 Å². The highest BCUT2D eigenvalue weighted by atomic mass is 16.1. The molecule has 0 saturated carbocycles. The number of benzene rings is 1. The van der Waals surface area contributed by atoms with Crippen molar-refractivity contribution < 1.29 is 4.79 Å². The van der Waals surface area contributed by atoms with Gasteiger partial charge in [-0.15, -0.1) is 0 Å². The van der Waals surface area contributed by atoms with Crippen molar-refractivity contribution in [2.75, 3.05) is 0 Å². The summed E-state index contributed by atoms with van der Waals surface area (Å²) < 4.78 is 0. The van der Waals surface area contributed by atoms with Crippen LogP contribution in [0.1, 0.15) is 17.5 Å². The van der Waals surface area contributed by atoms with Crippen LogP contribution in [0.5, 0.6) is 0 Å². The van der Waals surface area contributed by atoms with E-state index < -0.39 is 0 Å². The molecule has 0 unspecified atom stereocenters. The number of carbonyl (C=O) groups excluding carboxylic acids is 1. The highest BCUT2D eigenvalue weighted by Gasteiger charge is 2.08. The number of rotatable bonds is 5.